The molecule has 0 fully saturated rings. The zero-order valence-electron chi connectivity index (χ0n) is 29.7. The van der Waals surface area contributed by atoms with Crippen molar-refractivity contribution in [3.8, 4) is 0 Å². The molecule has 0 radical (unpaired) electrons. The predicted octanol–water partition coefficient (Wildman–Crippen LogP) is 12.8. The van der Waals surface area contributed by atoms with Crippen LogP contribution in [-0.4, -0.2) is 0 Å². The van der Waals surface area contributed by atoms with E-state index in [0.717, 1.165) is 12.8 Å². The third-order valence-corrected chi connectivity index (χ3v) is 10.9. The fourth-order valence-electron chi connectivity index (χ4n) is 8.62. The molecule has 6 aromatic carbocycles. The molecule has 8 rings (SSSR count). The van der Waals surface area contributed by atoms with Crippen LogP contribution >= 0.6 is 0 Å². The summed E-state index contributed by atoms with van der Waals surface area (Å²) in [5, 5.41) is 0. The first-order valence-electron chi connectivity index (χ1n) is 17.9. The average Bonchev–Trinajstić information content (AvgIpc) is 3.08. The number of aryl methyl sites for hydroxylation is 6. The van der Waals surface area contributed by atoms with Crippen LogP contribution in [0.5, 0.6) is 0 Å². The zero-order valence-corrected chi connectivity index (χ0v) is 29.7. The highest BCUT2D eigenvalue weighted by molar-refractivity contribution is 5.80. The molecule has 0 heterocycles. The van der Waals surface area contributed by atoms with E-state index in [0.29, 0.717) is 11.8 Å². The topological polar surface area (TPSA) is 6.48 Å². The van der Waals surface area contributed by atoms with E-state index in [-0.39, 0.29) is 0 Å². The predicted molar refractivity (Wildman–Crippen MR) is 208 cm³/mol. The van der Waals surface area contributed by atoms with Crippen LogP contribution in [0.3, 0.4) is 0 Å². The second-order valence-electron chi connectivity index (χ2n) is 14.7. The highest BCUT2D eigenvalue weighted by Crippen LogP contribution is 2.52. The molecule has 0 aromatic heterocycles. The highest BCUT2D eigenvalue weighted by atomic mass is 15.1. The van der Waals surface area contributed by atoms with Crippen LogP contribution in [0.25, 0.3) is 0 Å². The second-order valence-corrected chi connectivity index (χ2v) is 14.7. The molecule has 0 N–H and O–H groups in total. The molecular weight excluding hydrogens is 593 g/mol. The number of fused-ring (bicyclic) bond motifs is 6. The molecule has 2 nitrogen and oxygen atoms in total. The van der Waals surface area contributed by atoms with E-state index in [9.17, 15) is 0 Å². The molecule has 2 atom stereocenters. The standard InChI is InChI=1S/C47H46N2/c1-30-7-15-40(16-8-30)48(41-17-9-31(2)10-18-41)44-23-34(5)46-37-25-36(26-38(46)28-44)47-35(6)24-45(29-39(47)27-37)49(42-19-11-32(3)12-20-42)43-21-13-33(4)14-22-43/h7-24,28-29,36-37H,25-27H2,1-6H3. The number of hydrogen-bond acceptors (Lipinski definition) is 2. The van der Waals surface area contributed by atoms with Gasteiger partial charge < -0.3 is 9.80 Å². The van der Waals surface area contributed by atoms with Crippen LogP contribution in [0, 0.1) is 41.5 Å². The summed E-state index contributed by atoms with van der Waals surface area (Å²) in [5.74, 6) is 1.06. The molecule has 2 aliphatic rings. The van der Waals surface area contributed by atoms with E-state index in [2.05, 4.69) is 173 Å². The Morgan fingerprint density at radius 1 is 0.367 bits per heavy atom. The van der Waals surface area contributed by atoms with Gasteiger partial charge in [-0.1, -0.05) is 70.8 Å². The molecule has 0 aliphatic heterocycles. The van der Waals surface area contributed by atoms with E-state index >= 15 is 0 Å². The van der Waals surface area contributed by atoms with Crippen LogP contribution in [0.2, 0.25) is 0 Å². The fourth-order valence-corrected chi connectivity index (χ4v) is 8.62. The maximum atomic E-state index is 2.51. The first-order chi connectivity index (χ1) is 23.7. The molecule has 6 aromatic rings. The fraction of sp³-hybridized carbons (Fsp3) is 0.234. The van der Waals surface area contributed by atoms with Gasteiger partial charge in [-0.25, -0.2) is 0 Å². The second kappa shape index (κ2) is 12.4. The molecule has 2 heteroatoms. The van der Waals surface area contributed by atoms with Crippen molar-refractivity contribution in [2.75, 3.05) is 9.80 Å². The van der Waals surface area contributed by atoms with Crippen LogP contribution in [-0.2, 0) is 12.8 Å². The minimum Gasteiger partial charge on any atom is -0.310 e. The van der Waals surface area contributed by atoms with Gasteiger partial charge >= 0.3 is 0 Å². The molecule has 2 bridgehead atoms. The van der Waals surface area contributed by atoms with Gasteiger partial charge in [0, 0.05) is 34.1 Å². The maximum Gasteiger partial charge on any atom is 0.0467 e. The monoisotopic (exact) mass is 638 g/mol. The van der Waals surface area contributed by atoms with Crippen molar-refractivity contribution >= 4 is 34.1 Å². The summed E-state index contributed by atoms with van der Waals surface area (Å²) in [7, 11) is 0. The van der Waals surface area contributed by atoms with E-state index in [4.69, 9.17) is 0 Å². The van der Waals surface area contributed by atoms with Crippen molar-refractivity contribution in [1.29, 1.82) is 0 Å². The quantitative estimate of drug-likeness (QED) is 0.179. The first-order valence-corrected chi connectivity index (χ1v) is 17.9. The summed E-state index contributed by atoms with van der Waals surface area (Å²) in [6, 6.07) is 45.7. The van der Waals surface area contributed by atoms with E-state index in [1.54, 1.807) is 11.1 Å². The number of benzene rings is 6. The number of hydrogen-bond donors (Lipinski definition) is 0. The first kappa shape index (κ1) is 31.2. The summed E-state index contributed by atoms with van der Waals surface area (Å²) >= 11 is 0. The Morgan fingerprint density at radius 3 is 0.939 bits per heavy atom. The third-order valence-electron chi connectivity index (χ3n) is 10.9. The van der Waals surface area contributed by atoms with Crippen LogP contribution < -0.4 is 9.80 Å². The minimum absolute atomic E-state index is 0.532. The van der Waals surface area contributed by atoms with Gasteiger partial charge in [-0.2, -0.15) is 0 Å². The van der Waals surface area contributed by atoms with Gasteiger partial charge in [0.05, 0.1) is 0 Å². The smallest absolute Gasteiger partial charge is 0.0467 e. The molecular formula is C47H46N2. The van der Waals surface area contributed by atoms with Crippen LogP contribution in [0.4, 0.5) is 34.1 Å². The van der Waals surface area contributed by atoms with Gasteiger partial charge in [0.15, 0.2) is 0 Å². The van der Waals surface area contributed by atoms with Crippen molar-refractivity contribution < 1.29 is 0 Å². The zero-order chi connectivity index (χ0) is 33.8. The van der Waals surface area contributed by atoms with Gasteiger partial charge in [0.25, 0.3) is 0 Å². The maximum absolute atomic E-state index is 2.51. The summed E-state index contributed by atoms with van der Waals surface area (Å²) in [6.45, 7) is 13.3. The Morgan fingerprint density at radius 2 is 0.653 bits per heavy atom. The summed E-state index contributed by atoms with van der Waals surface area (Å²) in [4.78, 5) is 4.87. The minimum atomic E-state index is 0.532. The largest absolute Gasteiger partial charge is 0.310 e. The lowest BCUT2D eigenvalue weighted by atomic mass is 9.65. The molecule has 0 saturated carbocycles. The number of rotatable bonds is 6. The number of anilines is 6. The number of nitrogens with zero attached hydrogens (tertiary/aromatic N) is 2. The van der Waals surface area contributed by atoms with Crippen LogP contribution in [0.1, 0.15) is 73.9 Å². The van der Waals surface area contributed by atoms with Gasteiger partial charge in [-0.05, 0) is 179 Å². The van der Waals surface area contributed by atoms with E-state index in [1.165, 1.54) is 85.1 Å². The van der Waals surface area contributed by atoms with Crippen molar-refractivity contribution in [2.24, 2.45) is 0 Å². The van der Waals surface area contributed by atoms with Crippen LogP contribution in [0.15, 0.2) is 121 Å². The van der Waals surface area contributed by atoms with Crippen molar-refractivity contribution in [1.82, 2.24) is 0 Å². The van der Waals surface area contributed by atoms with Gasteiger partial charge in [-0.3, -0.25) is 0 Å². The SMILES string of the molecule is Cc1ccc(N(c2ccc(C)cc2)c2cc(C)c3c(c2)CC2CC3Cc3cc(N(c4ccc(C)cc4)c4ccc(C)cc4)cc(C)c32)cc1. The lowest BCUT2D eigenvalue weighted by molar-refractivity contribution is 0.454. The Bertz CT molecular complexity index is 1890. The van der Waals surface area contributed by atoms with Crippen molar-refractivity contribution in [3.63, 3.8) is 0 Å². The molecule has 2 aliphatic carbocycles. The average molecular weight is 639 g/mol. The third kappa shape index (κ3) is 5.84. The highest BCUT2D eigenvalue weighted by Gasteiger charge is 2.37. The molecule has 0 amide bonds. The van der Waals surface area contributed by atoms with Crippen molar-refractivity contribution in [2.45, 2.75) is 72.6 Å². The molecule has 49 heavy (non-hydrogen) atoms. The molecule has 2 unspecified atom stereocenters. The van der Waals surface area contributed by atoms with E-state index in [1.807, 2.05) is 0 Å². The normalized spacial score (nSPS) is 16.1. The Labute approximate surface area is 292 Å². The Kier molecular flexibility index (Phi) is 7.91. The summed E-state index contributed by atoms with van der Waals surface area (Å²) < 4.78 is 0. The summed E-state index contributed by atoms with van der Waals surface area (Å²) in [5.41, 5.74) is 21.4. The lowest BCUT2D eigenvalue weighted by Gasteiger charge is -2.41. The van der Waals surface area contributed by atoms with Crippen molar-refractivity contribution in [3.05, 3.63) is 177 Å². The van der Waals surface area contributed by atoms with Gasteiger partial charge in [0.1, 0.15) is 0 Å². The Hall–Kier alpha value is -5.08. The Balaban J connectivity index is 1.19. The molecule has 244 valence electrons. The van der Waals surface area contributed by atoms with Gasteiger partial charge in [-0.15, -0.1) is 0 Å². The van der Waals surface area contributed by atoms with E-state index < -0.39 is 0 Å². The molecule has 0 spiro atoms. The summed E-state index contributed by atoms with van der Waals surface area (Å²) in [6.07, 6.45) is 3.41. The molecule has 0 saturated heterocycles. The lowest BCUT2D eigenvalue weighted by Crippen LogP contribution is -2.27. The van der Waals surface area contributed by atoms with Gasteiger partial charge in [0.2, 0.25) is 0 Å².